The molecule has 0 radical (unpaired) electrons. The average molecular weight is 329 g/mol. The van der Waals surface area contributed by atoms with Crippen molar-refractivity contribution in [1.82, 2.24) is 19.8 Å². The molecule has 0 amide bonds. The Bertz CT molecular complexity index is 528. The summed E-state index contributed by atoms with van der Waals surface area (Å²) in [6.07, 6.45) is -0.831. The first-order valence-electron chi connectivity index (χ1n) is 8.01. The van der Waals surface area contributed by atoms with Gasteiger partial charge in [-0.15, -0.1) is 0 Å². The molecule has 0 N–H and O–H groups in total. The fraction of sp³-hybridized carbons (Fsp3) is 0.733. The van der Waals surface area contributed by atoms with Crippen LogP contribution in [0.5, 0.6) is 0 Å². The summed E-state index contributed by atoms with van der Waals surface area (Å²) < 4.78 is 38.3. The van der Waals surface area contributed by atoms with Crippen molar-refractivity contribution >= 4 is 5.95 Å². The van der Waals surface area contributed by atoms with Crippen molar-refractivity contribution in [3.8, 4) is 0 Å². The van der Waals surface area contributed by atoms with Gasteiger partial charge in [0.2, 0.25) is 5.95 Å². The van der Waals surface area contributed by atoms with E-state index in [-0.39, 0.29) is 5.95 Å². The topological polar surface area (TPSA) is 35.5 Å². The molecule has 0 aliphatic carbocycles. The van der Waals surface area contributed by atoms with Crippen molar-refractivity contribution < 1.29 is 13.2 Å². The lowest BCUT2D eigenvalue weighted by Gasteiger charge is -2.42. The predicted octanol–water partition coefficient (Wildman–Crippen LogP) is 1.71. The SMILES string of the molecule is CN1CCCC(N2CCN(c3nccc(C(F)(F)F)n3)CC2)C1. The van der Waals surface area contributed by atoms with Gasteiger partial charge in [-0.1, -0.05) is 0 Å². The predicted molar refractivity (Wildman–Crippen MR) is 81.3 cm³/mol. The fourth-order valence-corrected chi connectivity index (χ4v) is 3.38. The second-order valence-electron chi connectivity index (χ2n) is 6.32. The molecule has 5 nitrogen and oxygen atoms in total. The highest BCUT2D eigenvalue weighted by molar-refractivity contribution is 5.31. The Morgan fingerprint density at radius 2 is 1.87 bits per heavy atom. The molecule has 1 unspecified atom stereocenters. The average Bonchev–Trinajstić information content (AvgIpc) is 2.54. The first-order chi connectivity index (χ1) is 10.9. The van der Waals surface area contributed by atoms with Crippen LogP contribution in [0.2, 0.25) is 0 Å². The highest BCUT2D eigenvalue weighted by Gasteiger charge is 2.34. The zero-order valence-electron chi connectivity index (χ0n) is 13.3. The third-order valence-corrected chi connectivity index (χ3v) is 4.65. The molecule has 0 spiro atoms. The summed E-state index contributed by atoms with van der Waals surface area (Å²) in [7, 11) is 2.14. The van der Waals surface area contributed by atoms with Gasteiger partial charge in [0.25, 0.3) is 0 Å². The largest absolute Gasteiger partial charge is 0.433 e. The van der Waals surface area contributed by atoms with Gasteiger partial charge in [-0.05, 0) is 32.5 Å². The maximum absolute atomic E-state index is 12.8. The quantitative estimate of drug-likeness (QED) is 0.825. The number of piperazine rings is 1. The van der Waals surface area contributed by atoms with Crippen LogP contribution in [0.1, 0.15) is 18.5 Å². The summed E-state index contributed by atoms with van der Waals surface area (Å²) in [5.41, 5.74) is -0.876. The summed E-state index contributed by atoms with van der Waals surface area (Å²) in [5.74, 6) is 0.181. The maximum Gasteiger partial charge on any atom is 0.433 e. The molecule has 0 bridgehead atoms. The van der Waals surface area contributed by atoms with Crippen LogP contribution >= 0.6 is 0 Å². The number of hydrogen-bond acceptors (Lipinski definition) is 5. The van der Waals surface area contributed by atoms with Gasteiger partial charge >= 0.3 is 6.18 Å². The van der Waals surface area contributed by atoms with Crippen molar-refractivity contribution in [2.24, 2.45) is 0 Å². The zero-order valence-corrected chi connectivity index (χ0v) is 13.3. The number of aromatic nitrogens is 2. The molecule has 3 heterocycles. The van der Waals surface area contributed by atoms with Crippen LogP contribution in [0, 0.1) is 0 Å². The highest BCUT2D eigenvalue weighted by atomic mass is 19.4. The normalized spacial score (nSPS) is 24.9. The number of piperidine rings is 1. The molecule has 1 atom stereocenters. The monoisotopic (exact) mass is 329 g/mol. The van der Waals surface area contributed by atoms with Gasteiger partial charge in [0.15, 0.2) is 0 Å². The van der Waals surface area contributed by atoms with E-state index in [0.29, 0.717) is 19.1 Å². The minimum atomic E-state index is -4.42. The molecule has 0 aromatic carbocycles. The van der Waals surface area contributed by atoms with Crippen molar-refractivity contribution in [3.05, 3.63) is 18.0 Å². The van der Waals surface area contributed by atoms with Crippen LogP contribution in [-0.2, 0) is 6.18 Å². The Morgan fingerprint density at radius 1 is 1.13 bits per heavy atom. The zero-order chi connectivity index (χ0) is 16.4. The molecular weight excluding hydrogens is 307 g/mol. The smallest absolute Gasteiger partial charge is 0.338 e. The van der Waals surface area contributed by atoms with Crippen LogP contribution in [0.25, 0.3) is 0 Å². The van der Waals surface area contributed by atoms with Crippen LogP contribution in [0.4, 0.5) is 19.1 Å². The molecule has 2 fully saturated rings. The van der Waals surface area contributed by atoms with Crippen molar-refractivity contribution in [2.75, 3.05) is 51.2 Å². The van der Waals surface area contributed by atoms with E-state index >= 15 is 0 Å². The molecule has 3 rings (SSSR count). The highest BCUT2D eigenvalue weighted by Crippen LogP contribution is 2.28. The summed E-state index contributed by atoms with van der Waals surface area (Å²) in [6.45, 7) is 5.24. The first kappa shape index (κ1) is 16.4. The Labute approximate surface area is 134 Å². The molecule has 128 valence electrons. The number of halogens is 3. The number of anilines is 1. The lowest BCUT2D eigenvalue weighted by Crippen LogP contribution is -2.54. The first-order valence-corrected chi connectivity index (χ1v) is 8.01. The van der Waals surface area contributed by atoms with Crippen molar-refractivity contribution in [3.63, 3.8) is 0 Å². The molecule has 2 saturated heterocycles. The third-order valence-electron chi connectivity index (χ3n) is 4.65. The van der Waals surface area contributed by atoms with Crippen LogP contribution in [0.15, 0.2) is 12.3 Å². The number of nitrogens with zero attached hydrogens (tertiary/aromatic N) is 5. The second-order valence-corrected chi connectivity index (χ2v) is 6.32. The van der Waals surface area contributed by atoms with E-state index < -0.39 is 11.9 Å². The number of likely N-dealkylation sites (N-methyl/N-ethyl adjacent to an activating group) is 1. The van der Waals surface area contributed by atoms with Crippen molar-refractivity contribution in [2.45, 2.75) is 25.1 Å². The van der Waals surface area contributed by atoms with E-state index in [4.69, 9.17) is 0 Å². The van der Waals surface area contributed by atoms with Gasteiger partial charge in [0.05, 0.1) is 0 Å². The van der Waals surface area contributed by atoms with Gasteiger partial charge in [0.1, 0.15) is 5.69 Å². The molecule has 8 heteroatoms. The lowest BCUT2D eigenvalue weighted by atomic mass is 10.0. The summed E-state index contributed by atoms with van der Waals surface area (Å²) >= 11 is 0. The van der Waals surface area contributed by atoms with Gasteiger partial charge in [-0.3, -0.25) is 4.90 Å². The van der Waals surface area contributed by atoms with Gasteiger partial charge in [0, 0.05) is 45.0 Å². The maximum atomic E-state index is 12.8. The summed E-state index contributed by atoms with van der Waals surface area (Å²) in [4.78, 5) is 14.3. The number of alkyl halides is 3. The Morgan fingerprint density at radius 3 is 2.52 bits per heavy atom. The summed E-state index contributed by atoms with van der Waals surface area (Å²) in [6, 6.07) is 1.47. The minimum Gasteiger partial charge on any atom is -0.338 e. The van der Waals surface area contributed by atoms with Crippen molar-refractivity contribution in [1.29, 1.82) is 0 Å². The third kappa shape index (κ3) is 3.92. The molecule has 1 aromatic heterocycles. The van der Waals surface area contributed by atoms with E-state index in [1.807, 2.05) is 4.90 Å². The second kappa shape index (κ2) is 6.60. The Balaban J connectivity index is 1.61. The van der Waals surface area contributed by atoms with Crippen LogP contribution < -0.4 is 4.90 Å². The van der Waals surface area contributed by atoms with Crippen LogP contribution in [-0.4, -0.2) is 72.1 Å². The molecule has 2 aliphatic rings. The fourth-order valence-electron chi connectivity index (χ4n) is 3.38. The molecule has 1 aromatic rings. The number of rotatable bonds is 2. The molecule has 0 saturated carbocycles. The summed E-state index contributed by atoms with van der Waals surface area (Å²) in [5, 5.41) is 0. The number of hydrogen-bond donors (Lipinski definition) is 0. The standard InChI is InChI=1S/C15H22F3N5/c1-21-6-2-3-12(11-21)22-7-9-23(10-8-22)14-19-5-4-13(20-14)15(16,17)18/h4-5,12H,2-3,6-11H2,1H3. The minimum absolute atomic E-state index is 0.181. The number of likely N-dealkylation sites (tertiary alicyclic amines) is 1. The van der Waals surface area contributed by atoms with E-state index in [2.05, 4.69) is 26.8 Å². The van der Waals surface area contributed by atoms with E-state index in [0.717, 1.165) is 32.2 Å². The van der Waals surface area contributed by atoms with E-state index in [1.54, 1.807) is 0 Å². The molecule has 23 heavy (non-hydrogen) atoms. The van der Waals surface area contributed by atoms with E-state index in [1.165, 1.54) is 19.0 Å². The van der Waals surface area contributed by atoms with Gasteiger partial charge in [-0.25, -0.2) is 9.97 Å². The Hall–Kier alpha value is -1.41. The molecular formula is C15H22F3N5. The van der Waals surface area contributed by atoms with Gasteiger partial charge in [-0.2, -0.15) is 13.2 Å². The molecule has 2 aliphatic heterocycles. The van der Waals surface area contributed by atoms with Gasteiger partial charge < -0.3 is 9.80 Å². The Kier molecular flexibility index (Phi) is 4.72. The van der Waals surface area contributed by atoms with Crippen LogP contribution in [0.3, 0.4) is 0 Å². The van der Waals surface area contributed by atoms with E-state index in [9.17, 15) is 13.2 Å². The lowest BCUT2D eigenvalue weighted by molar-refractivity contribution is -0.141.